The smallest absolute Gasteiger partial charge is 0.254 e. The van der Waals surface area contributed by atoms with Crippen LogP contribution in [0.2, 0.25) is 0 Å². The van der Waals surface area contributed by atoms with Crippen LogP contribution in [0.3, 0.4) is 0 Å². The van der Waals surface area contributed by atoms with Gasteiger partial charge in [-0.15, -0.1) is 0 Å². The lowest BCUT2D eigenvalue weighted by atomic mass is 10.0. The van der Waals surface area contributed by atoms with Crippen molar-refractivity contribution in [2.45, 2.75) is 45.3 Å². The van der Waals surface area contributed by atoms with Crippen LogP contribution in [0.25, 0.3) is 0 Å². The normalized spacial score (nSPS) is 19.1. The molecule has 0 spiro atoms. The standard InChI is InChI=1S/C23H28N2O4/c1-15(2)17-6-5-9-20(13-17)29-22-10-11-25(14-21(22)27)23(28)18-7-4-8-19(12-18)24-16(3)26/h4-9,12-13,15,21-22,27H,10-11,14H2,1-3H3,(H,24,26)/t21-,22-/m1/s1. The second kappa shape index (κ2) is 9.09. The van der Waals surface area contributed by atoms with E-state index in [-0.39, 0.29) is 24.5 Å². The first-order valence-corrected chi connectivity index (χ1v) is 9.95. The van der Waals surface area contributed by atoms with Gasteiger partial charge in [0, 0.05) is 31.1 Å². The largest absolute Gasteiger partial charge is 0.488 e. The Morgan fingerprint density at radius 1 is 1.17 bits per heavy atom. The molecule has 154 valence electrons. The fourth-order valence-electron chi connectivity index (χ4n) is 3.47. The van der Waals surface area contributed by atoms with Gasteiger partial charge in [-0.3, -0.25) is 9.59 Å². The fraction of sp³-hybridized carbons (Fsp3) is 0.391. The average Bonchev–Trinajstić information content (AvgIpc) is 2.69. The Balaban J connectivity index is 1.63. The molecule has 1 saturated heterocycles. The van der Waals surface area contributed by atoms with E-state index >= 15 is 0 Å². The molecule has 1 heterocycles. The summed E-state index contributed by atoms with van der Waals surface area (Å²) in [5, 5.41) is 13.3. The van der Waals surface area contributed by atoms with Crippen LogP contribution >= 0.6 is 0 Å². The van der Waals surface area contributed by atoms with Crippen molar-refractivity contribution in [3.8, 4) is 5.75 Å². The van der Waals surface area contributed by atoms with Crippen molar-refractivity contribution in [1.82, 2.24) is 4.90 Å². The highest BCUT2D eigenvalue weighted by atomic mass is 16.5. The van der Waals surface area contributed by atoms with Crippen LogP contribution < -0.4 is 10.1 Å². The number of piperidine rings is 1. The molecule has 0 radical (unpaired) electrons. The summed E-state index contributed by atoms with van der Waals surface area (Å²) in [6, 6.07) is 14.7. The Morgan fingerprint density at radius 3 is 2.62 bits per heavy atom. The van der Waals surface area contributed by atoms with Gasteiger partial charge in [0.2, 0.25) is 5.91 Å². The Hall–Kier alpha value is -2.86. The summed E-state index contributed by atoms with van der Waals surface area (Å²) in [5.41, 5.74) is 2.24. The maximum absolute atomic E-state index is 12.8. The first-order chi connectivity index (χ1) is 13.8. The van der Waals surface area contributed by atoms with Gasteiger partial charge in [-0.2, -0.15) is 0 Å². The molecule has 2 amide bonds. The molecule has 0 saturated carbocycles. The number of nitrogens with zero attached hydrogens (tertiary/aromatic N) is 1. The number of benzene rings is 2. The van der Waals surface area contributed by atoms with Crippen LogP contribution in [-0.2, 0) is 4.79 Å². The van der Waals surface area contributed by atoms with Gasteiger partial charge in [0.15, 0.2) is 0 Å². The summed E-state index contributed by atoms with van der Waals surface area (Å²) in [6.07, 6.45) is -0.578. The van der Waals surface area contributed by atoms with E-state index in [4.69, 9.17) is 4.74 Å². The van der Waals surface area contributed by atoms with E-state index in [0.29, 0.717) is 30.1 Å². The van der Waals surface area contributed by atoms with Gasteiger partial charge in [0.05, 0.1) is 6.54 Å². The van der Waals surface area contributed by atoms with Gasteiger partial charge in [-0.1, -0.05) is 32.0 Å². The number of nitrogens with one attached hydrogen (secondary N) is 1. The lowest BCUT2D eigenvalue weighted by molar-refractivity contribution is -0.114. The zero-order valence-corrected chi connectivity index (χ0v) is 17.1. The van der Waals surface area contributed by atoms with Crippen LogP contribution in [0.1, 0.15) is 49.0 Å². The summed E-state index contributed by atoms with van der Waals surface area (Å²) in [6.45, 7) is 6.37. The zero-order chi connectivity index (χ0) is 21.0. The minimum atomic E-state index is -0.770. The highest BCUT2D eigenvalue weighted by Crippen LogP contribution is 2.24. The number of β-amino-alcohol motifs (C(OH)–C–C–N with tert-alkyl or cyclic N) is 1. The molecule has 1 fully saturated rings. The molecule has 6 heteroatoms. The van der Waals surface area contributed by atoms with Crippen LogP contribution in [0.15, 0.2) is 48.5 Å². The predicted octanol–water partition coefficient (Wildman–Crippen LogP) is 3.42. The number of hydrogen-bond donors (Lipinski definition) is 2. The Kier molecular flexibility index (Phi) is 6.54. The van der Waals surface area contributed by atoms with Crippen LogP contribution in [-0.4, -0.2) is 47.1 Å². The highest BCUT2D eigenvalue weighted by molar-refractivity contribution is 5.96. The summed E-state index contributed by atoms with van der Waals surface area (Å²) >= 11 is 0. The van der Waals surface area contributed by atoms with E-state index in [0.717, 1.165) is 5.75 Å². The number of hydrogen-bond acceptors (Lipinski definition) is 4. The quantitative estimate of drug-likeness (QED) is 0.812. The number of rotatable bonds is 5. The van der Waals surface area contributed by atoms with Crippen molar-refractivity contribution in [1.29, 1.82) is 0 Å². The minimum absolute atomic E-state index is 0.170. The molecule has 29 heavy (non-hydrogen) atoms. The van der Waals surface area contributed by atoms with Crippen LogP contribution in [0.4, 0.5) is 5.69 Å². The van der Waals surface area contributed by atoms with Crippen molar-refractivity contribution in [3.05, 3.63) is 59.7 Å². The Bertz CT molecular complexity index is 881. The van der Waals surface area contributed by atoms with Crippen molar-refractivity contribution >= 4 is 17.5 Å². The molecule has 2 atom stereocenters. The fourth-order valence-corrected chi connectivity index (χ4v) is 3.47. The van der Waals surface area contributed by atoms with Gasteiger partial charge < -0.3 is 20.1 Å². The molecular weight excluding hydrogens is 368 g/mol. The molecule has 1 aliphatic heterocycles. The van der Waals surface area contributed by atoms with Crippen LogP contribution in [0.5, 0.6) is 5.75 Å². The monoisotopic (exact) mass is 396 g/mol. The maximum Gasteiger partial charge on any atom is 0.254 e. The third-order valence-corrected chi connectivity index (χ3v) is 5.05. The molecule has 0 aliphatic carbocycles. The SMILES string of the molecule is CC(=O)Nc1cccc(C(=O)N2CC[C@@H](Oc3cccc(C(C)C)c3)[C@H](O)C2)c1. The average molecular weight is 396 g/mol. The lowest BCUT2D eigenvalue weighted by Crippen LogP contribution is -2.51. The van der Waals surface area contributed by atoms with Crippen molar-refractivity contribution in [2.75, 3.05) is 18.4 Å². The molecule has 0 bridgehead atoms. The van der Waals surface area contributed by atoms with Gasteiger partial charge >= 0.3 is 0 Å². The third kappa shape index (κ3) is 5.35. The second-order valence-corrected chi connectivity index (χ2v) is 7.75. The molecule has 3 rings (SSSR count). The van der Waals surface area contributed by atoms with E-state index in [1.165, 1.54) is 12.5 Å². The number of likely N-dealkylation sites (tertiary alicyclic amines) is 1. The van der Waals surface area contributed by atoms with E-state index in [1.807, 2.05) is 18.2 Å². The highest BCUT2D eigenvalue weighted by Gasteiger charge is 2.32. The molecular formula is C23H28N2O4. The third-order valence-electron chi connectivity index (χ3n) is 5.05. The van der Waals surface area contributed by atoms with Gasteiger partial charge in [0.25, 0.3) is 5.91 Å². The van der Waals surface area contributed by atoms with E-state index in [2.05, 4.69) is 25.2 Å². The number of carbonyl (C=O) groups is 2. The summed E-state index contributed by atoms with van der Waals surface area (Å²) < 4.78 is 6.02. The summed E-state index contributed by atoms with van der Waals surface area (Å²) in [4.78, 5) is 25.7. The molecule has 2 aromatic carbocycles. The Morgan fingerprint density at radius 2 is 1.93 bits per heavy atom. The van der Waals surface area contributed by atoms with Crippen molar-refractivity contribution < 1.29 is 19.4 Å². The van der Waals surface area contributed by atoms with Gasteiger partial charge in [0.1, 0.15) is 18.0 Å². The zero-order valence-electron chi connectivity index (χ0n) is 17.1. The summed E-state index contributed by atoms with van der Waals surface area (Å²) in [7, 11) is 0. The number of ether oxygens (including phenoxy) is 1. The maximum atomic E-state index is 12.8. The number of aliphatic hydroxyl groups excluding tert-OH is 1. The van der Waals surface area contributed by atoms with Crippen molar-refractivity contribution in [3.63, 3.8) is 0 Å². The molecule has 0 unspecified atom stereocenters. The first kappa shape index (κ1) is 20.9. The molecule has 1 aliphatic rings. The number of aliphatic hydroxyl groups is 1. The number of carbonyl (C=O) groups excluding carboxylic acids is 2. The first-order valence-electron chi connectivity index (χ1n) is 9.95. The summed E-state index contributed by atoms with van der Waals surface area (Å²) in [5.74, 6) is 0.778. The van der Waals surface area contributed by atoms with E-state index in [9.17, 15) is 14.7 Å². The second-order valence-electron chi connectivity index (χ2n) is 7.75. The Labute approximate surface area is 171 Å². The van der Waals surface area contributed by atoms with Crippen molar-refractivity contribution in [2.24, 2.45) is 0 Å². The lowest BCUT2D eigenvalue weighted by Gasteiger charge is -2.36. The molecule has 2 aromatic rings. The molecule has 0 aromatic heterocycles. The number of amides is 2. The topological polar surface area (TPSA) is 78.9 Å². The van der Waals surface area contributed by atoms with Gasteiger partial charge in [-0.25, -0.2) is 0 Å². The van der Waals surface area contributed by atoms with Gasteiger partial charge in [-0.05, 0) is 41.8 Å². The molecule has 2 N–H and O–H groups in total. The molecule has 6 nitrogen and oxygen atoms in total. The predicted molar refractivity (Wildman–Crippen MR) is 112 cm³/mol. The minimum Gasteiger partial charge on any atom is -0.488 e. The van der Waals surface area contributed by atoms with Crippen LogP contribution in [0, 0.1) is 0 Å². The van der Waals surface area contributed by atoms with E-state index < -0.39 is 6.10 Å². The van der Waals surface area contributed by atoms with E-state index in [1.54, 1.807) is 29.2 Å². The number of anilines is 1.